The largest absolute Gasteiger partial charge is 0.395 e. The van der Waals surface area contributed by atoms with Gasteiger partial charge in [-0.1, -0.05) is 30.4 Å². The van der Waals surface area contributed by atoms with Crippen LogP contribution in [0.5, 0.6) is 0 Å². The average molecular weight is 275 g/mol. The predicted molar refractivity (Wildman–Crippen MR) is 82.6 cm³/mol. The molecular weight excluding hydrogens is 258 g/mol. The Morgan fingerprint density at radius 3 is 2.79 bits per heavy atom. The molecule has 19 heavy (non-hydrogen) atoms. The number of hydrogen-bond acceptors (Lipinski definition) is 4. The van der Waals surface area contributed by atoms with Gasteiger partial charge in [-0.15, -0.1) is 0 Å². The zero-order valence-electron chi connectivity index (χ0n) is 10.8. The molecule has 0 bridgehead atoms. The summed E-state index contributed by atoms with van der Waals surface area (Å²) in [5, 5.41) is 10.1. The lowest BCUT2D eigenvalue weighted by Gasteiger charge is -2.22. The van der Waals surface area contributed by atoms with Crippen LogP contribution in [0.2, 0.25) is 0 Å². The van der Waals surface area contributed by atoms with Crippen LogP contribution in [-0.4, -0.2) is 34.8 Å². The third-order valence-corrected chi connectivity index (χ3v) is 3.26. The van der Waals surface area contributed by atoms with Gasteiger partial charge in [0.1, 0.15) is 10.8 Å². The van der Waals surface area contributed by atoms with Crippen molar-refractivity contribution in [1.29, 1.82) is 0 Å². The fourth-order valence-electron chi connectivity index (χ4n) is 2.08. The second-order valence-electron chi connectivity index (χ2n) is 4.21. The second-order valence-corrected chi connectivity index (χ2v) is 4.65. The van der Waals surface area contributed by atoms with Gasteiger partial charge in [0.2, 0.25) is 0 Å². The number of fused-ring (bicyclic) bond motifs is 1. The van der Waals surface area contributed by atoms with Gasteiger partial charge in [-0.3, -0.25) is 0 Å². The van der Waals surface area contributed by atoms with E-state index in [0.29, 0.717) is 11.5 Å². The average Bonchev–Trinajstić information content (AvgIpc) is 2.43. The smallest absolute Gasteiger partial charge is 0.130 e. The van der Waals surface area contributed by atoms with E-state index >= 15 is 0 Å². The summed E-state index contributed by atoms with van der Waals surface area (Å²) in [5.41, 5.74) is 7.49. The molecule has 0 fully saturated rings. The van der Waals surface area contributed by atoms with Crippen molar-refractivity contribution >= 4 is 33.9 Å². The maximum absolute atomic E-state index is 9.10. The van der Waals surface area contributed by atoms with Crippen LogP contribution >= 0.6 is 12.2 Å². The summed E-state index contributed by atoms with van der Waals surface area (Å²) in [4.78, 5) is 6.96. The van der Waals surface area contributed by atoms with Gasteiger partial charge in [-0.05, 0) is 19.1 Å². The summed E-state index contributed by atoms with van der Waals surface area (Å²) in [6.45, 7) is 3.42. The molecule has 0 unspecified atom stereocenters. The summed E-state index contributed by atoms with van der Waals surface area (Å²) in [6, 6.07) is 9.67. The topological polar surface area (TPSA) is 62.4 Å². The number of nitrogens with two attached hydrogens (primary N) is 1. The fraction of sp³-hybridized carbons (Fsp3) is 0.286. The van der Waals surface area contributed by atoms with E-state index < -0.39 is 0 Å². The number of rotatable bonds is 5. The SMILES string of the molecule is CCN(CCO)c1cc(C(N)=S)c2ccccc2n1. The highest BCUT2D eigenvalue weighted by atomic mass is 32.1. The number of thiocarbonyl (C=S) groups is 1. The molecule has 0 saturated carbocycles. The third-order valence-electron chi connectivity index (χ3n) is 3.04. The zero-order valence-corrected chi connectivity index (χ0v) is 11.7. The monoisotopic (exact) mass is 275 g/mol. The zero-order chi connectivity index (χ0) is 13.8. The van der Waals surface area contributed by atoms with Crippen molar-refractivity contribution in [2.75, 3.05) is 24.6 Å². The minimum absolute atomic E-state index is 0.0880. The van der Waals surface area contributed by atoms with Crippen LogP contribution in [0.1, 0.15) is 12.5 Å². The van der Waals surface area contributed by atoms with E-state index in [1.807, 2.05) is 42.2 Å². The van der Waals surface area contributed by atoms with E-state index in [0.717, 1.165) is 28.8 Å². The highest BCUT2D eigenvalue weighted by Gasteiger charge is 2.11. The van der Waals surface area contributed by atoms with Crippen LogP contribution in [0.15, 0.2) is 30.3 Å². The molecular formula is C14H17N3OS. The van der Waals surface area contributed by atoms with Crippen molar-refractivity contribution in [2.24, 2.45) is 5.73 Å². The molecule has 1 aromatic heterocycles. The van der Waals surface area contributed by atoms with Gasteiger partial charge in [-0.25, -0.2) is 4.98 Å². The molecule has 0 aliphatic heterocycles. The Morgan fingerprint density at radius 1 is 1.42 bits per heavy atom. The molecule has 100 valence electrons. The maximum Gasteiger partial charge on any atom is 0.130 e. The minimum atomic E-state index is 0.0880. The number of aromatic nitrogens is 1. The summed E-state index contributed by atoms with van der Waals surface area (Å²) in [6.07, 6.45) is 0. The fourth-order valence-corrected chi connectivity index (χ4v) is 2.25. The Balaban J connectivity index is 2.60. The van der Waals surface area contributed by atoms with E-state index in [4.69, 9.17) is 23.1 Å². The van der Waals surface area contributed by atoms with Gasteiger partial charge in [0.15, 0.2) is 0 Å². The number of anilines is 1. The summed E-state index contributed by atoms with van der Waals surface area (Å²) in [7, 11) is 0. The summed E-state index contributed by atoms with van der Waals surface area (Å²) in [5.74, 6) is 0.790. The number of aliphatic hydroxyl groups excluding tert-OH is 1. The first kappa shape index (κ1) is 13.7. The van der Waals surface area contributed by atoms with Crippen LogP contribution in [0.4, 0.5) is 5.82 Å². The molecule has 4 nitrogen and oxygen atoms in total. The van der Waals surface area contributed by atoms with Crippen molar-refractivity contribution in [1.82, 2.24) is 4.98 Å². The number of benzene rings is 1. The molecule has 3 N–H and O–H groups in total. The quantitative estimate of drug-likeness (QED) is 0.813. The number of likely N-dealkylation sites (N-methyl/N-ethyl adjacent to an activating group) is 1. The number of para-hydroxylation sites is 1. The molecule has 0 aliphatic rings. The predicted octanol–water partition coefficient (Wildman–Crippen LogP) is 1.69. The molecule has 0 amide bonds. The Kier molecular flexibility index (Phi) is 4.29. The number of pyridine rings is 1. The minimum Gasteiger partial charge on any atom is -0.395 e. The second kappa shape index (κ2) is 5.95. The van der Waals surface area contributed by atoms with Crippen LogP contribution in [-0.2, 0) is 0 Å². The number of aliphatic hydroxyl groups is 1. The molecule has 0 aliphatic carbocycles. The molecule has 0 saturated heterocycles. The number of nitrogens with zero attached hydrogens (tertiary/aromatic N) is 2. The highest BCUT2D eigenvalue weighted by molar-refractivity contribution is 7.80. The summed E-state index contributed by atoms with van der Waals surface area (Å²) >= 11 is 5.12. The van der Waals surface area contributed by atoms with Crippen LogP contribution in [0.25, 0.3) is 10.9 Å². The Bertz CT molecular complexity index is 600. The Labute approximate surface area is 117 Å². The first-order valence-electron chi connectivity index (χ1n) is 6.22. The highest BCUT2D eigenvalue weighted by Crippen LogP contribution is 2.22. The first-order valence-corrected chi connectivity index (χ1v) is 6.63. The molecule has 2 aromatic rings. The molecule has 5 heteroatoms. The summed E-state index contributed by atoms with van der Waals surface area (Å²) < 4.78 is 0. The normalized spacial score (nSPS) is 10.6. The lowest BCUT2D eigenvalue weighted by atomic mass is 10.1. The van der Waals surface area contributed by atoms with E-state index in [1.165, 1.54) is 0 Å². The van der Waals surface area contributed by atoms with Gasteiger partial charge in [0, 0.05) is 24.0 Å². The maximum atomic E-state index is 9.10. The van der Waals surface area contributed by atoms with E-state index in [9.17, 15) is 0 Å². The van der Waals surface area contributed by atoms with Crippen molar-refractivity contribution < 1.29 is 5.11 Å². The molecule has 0 radical (unpaired) electrons. The van der Waals surface area contributed by atoms with Gasteiger partial charge in [0.05, 0.1) is 12.1 Å². The number of hydrogen-bond donors (Lipinski definition) is 2. The van der Waals surface area contributed by atoms with Gasteiger partial charge >= 0.3 is 0 Å². The van der Waals surface area contributed by atoms with Crippen molar-refractivity contribution in [3.8, 4) is 0 Å². The van der Waals surface area contributed by atoms with Crippen molar-refractivity contribution in [3.63, 3.8) is 0 Å². The van der Waals surface area contributed by atoms with Gasteiger partial charge in [0.25, 0.3) is 0 Å². The molecule has 0 atom stereocenters. The first-order chi connectivity index (χ1) is 9.17. The lowest BCUT2D eigenvalue weighted by molar-refractivity contribution is 0.302. The molecule has 0 spiro atoms. The van der Waals surface area contributed by atoms with Crippen LogP contribution < -0.4 is 10.6 Å². The lowest BCUT2D eigenvalue weighted by Crippen LogP contribution is -2.27. The molecule has 1 aromatic carbocycles. The van der Waals surface area contributed by atoms with Crippen LogP contribution in [0.3, 0.4) is 0 Å². The standard InChI is InChI=1S/C14H17N3OS/c1-2-17(7-8-18)13-9-11(14(15)19)10-5-3-4-6-12(10)16-13/h3-6,9,18H,2,7-8H2,1H3,(H2,15,19). The third kappa shape index (κ3) is 2.83. The molecule has 2 rings (SSSR count). The Morgan fingerprint density at radius 2 is 2.16 bits per heavy atom. The Hall–Kier alpha value is -1.72. The van der Waals surface area contributed by atoms with E-state index in [-0.39, 0.29) is 6.61 Å². The van der Waals surface area contributed by atoms with Gasteiger partial charge in [-0.2, -0.15) is 0 Å². The van der Waals surface area contributed by atoms with Crippen molar-refractivity contribution in [2.45, 2.75) is 6.92 Å². The van der Waals surface area contributed by atoms with E-state index in [2.05, 4.69) is 4.98 Å². The van der Waals surface area contributed by atoms with Crippen molar-refractivity contribution in [3.05, 3.63) is 35.9 Å². The molecule has 1 heterocycles. The van der Waals surface area contributed by atoms with Gasteiger partial charge < -0.3 is 15.7 Å². The van der Waals surface area contributed by atoms with Crippen LogP contribution in [0, 0.1) is 0 Å². The van der Waals surface area contributed by atoms with E-state index in [1.54, 1.807) is 0 Å².